The molecule has 8 heteroatoms. The van der Waals surface area contributed by atoms with Gasteiger partial charge in [-0.2, -0.15) is 0 Å². The van der Waals surface area contributed by atoms with Gasteiger partial charge in [0.25, 0.3) is 11.5 Å². The van der Waals surface area contributed by atoms with E-state index in [0.29, 0.717) is 42.5 Å². The summed E-state index contributed by atoms with van der Waals surface area (Å²) in [5.74, 6) is 1.29. The summed E-state index contributed by atoms with van der Waals surface area (Å²) in [5, 5.41) is 0. The van der Waals surface area contributed by atoms with Gasteiger partial charge in [-0.25, -0.2) is 9.97 Å². The Morgan fingerprint density at radius 2 is 2.07 bits per heavy atom. The van der Waals surface area contributed by atoms with Crippen LogP contribution in [0, 0.1) is 5.92 Å². The lowest BCUT2D eigenvalue weighted by Crippen LogP contribution is -2.49. The highest BCUT2D eigenvalue weighted by Gasteiger charge is 2.37. The minimum absolute atomic E-state index is 0.0293. The Balaban J connectivity index is 1.46. The summed E-state index contributed by atoms with van der Waals surface area (Å²) >= 11 is 0. The predicted molar refractivity (Wildman–Crippen MR) is 106 cm³/mol. The van der Waals surface area contributed by atoms with E-state index in [2.05, 4.69) is 15.0 Å². The minimum atomic E-state index is -0.125. The number of hydrogen-bond donors (Lipinski definition) is 1. The molecule has 8 nitrogen and oxygen atoms in total. The van der Waals surface area contributed by atoms with Crippen LogP contribution in [0.15, 0.2) is 47.7 Å². The van der Waals surface area contributed by atoms with Gasteiger partial charge in [0.1, 0.15) is 11.6 Å². The Hall–Kier alpha value is -3.42. The maximum Gasteiger partial charge on any atom is 0.276 e. The summed E-state index contributed by atoms with van der Waals surface area (Å²) < 4.78 is 7.17. The average molecular weight is 391 g/mol. The van der Waals surface area contributed by atoms with E-state index in [1.165, 1.54) is 7.11 Å². The zero-order chi connectivity index (χ0) is 20.0. The van der Waals surface area contributed by atoms with Gasteiger partial charge in [-0.1, -0.05) is 0 Å². The number of imidazole rings is 1. The molecule has 3 aromatic rings. The SMILES string of the molecule is COc1cccnc1C(=O)N1C[C@@H]2C[C@H](C1)c1ccc(-c3ncc[nH]3)c(=O)n1C2. The van der Waals surface area contributed by atoms with Gasteiger partial charge in [-0.15, -0.1) is 0 Å². The molecule has 1 N–H and O–H groups in total. The number of hydrogen-bond acceptors (Lipinski definition) is 5. The minimum Gasteiger partial charge on any atom is -0.494 e. The van der Waals surface area contributed by atoms with Gasteiger partial charge in [0.05, 0.1) is 12.7 Å². The Kier molecular flexibility index (Phi) is 4.19. The second-order valence-corrected chi connectivity index (χ2v) is 7.59. The van der Waals surface area contributed by atoms with Crippen molar-refractivity contribution in [3.05, 3.63) is 64.6 Å². The van der Waals surface area contributed by atoms with Gasteiger partial charge >= 0.3 is 0 Å². The highest BCUT2D eigenvalue weighted by Crippen LogP contribution is 2.36. The molecular formula is C21H21N5O3. The first-order valence-corrected chi connectivity index (χ1v) is 9.67. The van der Waals surface area contributed by atoms with Crippen LogP contribution in [0.2, 0.25) is 0 Å². The first-order chi connectivity index (χ1) is 14.2. The van der Waals surface area contributed by atoms with Crippen molar-refractivity contribution in [3.8, 4) is 17.1 Å². The smallest absolute Gasteiger partial charge is 0.276 e. The monoisotopic (exact) mass is 391 g/mol. The molecule has 1 amide bonds. The number of fused-ring (bicyclic) bond motifs is 4. The molecule has 2 bridgehead atoms. The number of ether oxygens (including phenoxy) is 1. The molecule has 148 valence electrons. The van der Waals surface area contributed by atoms with Crippen molar-refractivity contribution >= 4 is 5.91 Å². The van der Waals surface area contributed by atoms with E-state index in [1.54, 1.807) is 30.7 Å². The van der Waals surface area contributed by atoms with Crippen LogP contribution in [-0.4, -0.2) is 50.5 Å². The summed E-state index contributed by atoms with van der Waals surface area (Å²) in [6, 6.07) is 7.32. The number of likely N-dealkylation sites (tertiary alicyclic amines) is 1. The molecule has 3 aromatic heterocycles. The number of amides is 1. The van der Waals surface area contributed by atoms with Gasteiger partial charge < -0.3 is 19.2 Å². The number of nitrogens with one attached hydrogen (secondary N) is 1. The molecule has 0 aromatic carbocycles. The van der Waals surface area contributed by atoms with Gasteiger partial charge in [0.2, 0.25) is 0 Å². The molecule has 5 heterocycles. The van der Waals surface area contributed by atoms with E-state index in [9.17, 15) is 9.59 Å². The van der Waals surface area contributed by atoms with Gasteiger partial charge in [-0.3, -0.25) is 9.59 Å². The van der Waals surface area contributed by atoms with Gasteiger partial charge in [0, 0.05) is 49.8 Å². The third kappa shape index (κ3) is 2.91. The number of rotatable bonds is 3. The molecule has 0 spiro atoms. The van der Waals surface area contributed by atoms with Crippen molar-refractivity contribution in [1.29, 1.82) is 0 Å². The fraction of sp³-hybridized carbons (Fsp3) is 0.333. The molecule has 2 aliphatic heterocycles. The Bertz CT molecular complexity index is 1120. The Morgan fingerprint density at radius 3 is 2.86 bits per heavy atom. The highest BCUT2D eigenvalue weighted by atomic mass is 16.5. The Labute approximate surface area is 167 Å². The lowest BCUT2D eigenvalue weighted by Gasteiger charge is -2.42. The van der Waals surface area contributed by atoms with Crippen molar-refractivity contribution in [1.82, 2.24) is 24.4 Å². The van der Waals surface area contributed by atoms with Crippen molar-refractivity contribution in [2.45, 2.75) is 18.9 Å². The number of nitrogens with zero attached hydrogens (tertiary/aromatic N) is 4. The predicted octanol–water partition coefficient (Wildman–Crippen LogP) is 1.90. The number of carbonyl (C=O) groups excluding carboxylic acids is 1. The number of carbonyl (C=O) groups is 1. The number of piperidine rings is 1. The lowest BCUT2D eigenvalue weighted by molar-refractivity contribution is 0.0585. The molecule has 2 aliphatic rings. The van der Waals surface area contributed by atoms with Crippen LogP contribution in [0.4, 0.5) is 0 Å². The fourth-order valence-corrected chi connectivity index (χ4v) is 4.57. The van der Waals surface area contributed by atoms with Crippen LogP contribution in [0.25, 0.3) is 11.4 Å². The summed E-state index contributed by atoms with van der Waals surface area (Å²) in [4.78, 5) is 39.5. The van der Waals surface area contributed by atoms with Crippen LogP contribution in [0.5, 0.6) is 5.75 Å². The molecule has 0 aliphatic carbocycles. The molecule has 0 saturated carbocycles. The average Bonchev–Trinajstić information content (AvgIpc) is 3.28. The third-order valence-corrected chi connectivity index (χ3v) is 5.84. The van der Waals surface area contributed by atoms with Crippen molar-refractivity contribution in [2.75, 3.05) is 20.2 Å². The molecule has 0 radical (unpaired) electrons. The molecule has 29 heavy (non-hydrogen) atoms. The zero-order valence-electron chi connectivity index (χ0n) is 16.0. The summed E-state index contributed by atoms with van der Waals surface area (Å²) in [5.41, 5.74) is 1.86. The van der Waals surface area contributed by atoms with E-state index in [4.69, 9.17) is 4.74 Å². The normalized spacial score (nSPS) is 20.2. The first kappa shape index (κ1) is 17.7. The largest absolute Gasteiger partial charge is 0.494 e. The number of methoxy groups -OCH3 is 1. The van der Waals surface area contributed by atoms with Crippen molar-refractivity contribution in [3.63, 3.8) is 0 Å². The maximum atomic E-state index is 13.1. The number of H-pyrrole nitrogens is 1. The second kappa shape index (κ2) is 6.88. The van der Waals surface area contributed by atoms with E-state index in [-0.39, 0.29) is 23.3 Å². The van der Waals surface area contributed by atoms with Gasteiger partial charge in [0.15, 0.2) is 5.69 Å². The van der Waals surface area contributed by atoms with E-state index in [0.717, 1.165) is 12.1 Å². The first-order valence-electron chi connectivity index (χ1n) is 9.67. The zero-order valence-corrected chi connectivity index (χ0v) is 16.0. The number of aromatic amines is 1. The molecule has 0 unspecified atom stereocenters. The highest BCUT2D eigenvalue weighted by molar-refractivity contribution is 5.95. The molecular weight excluding hydrogens is 370 g/mol. The van der Waals surface area contributed by atoms with Crippen LogP contribution in [-0.2, 0) is 6.54 Å². The standard InChI is InChI=1S/C21H21N5O3/c1-29-17-3-2-6-22-18(17)21(28)25-10-13-9-14(12-25)16-5-4-15(19-23-7-8-24-19)20(27)26(16)11-13/h2-8,13-14H,9-12H2,1H3,(H,23,24)/t13-,14+/m0/s1. The van der Waals surface area contributed by atoms with Gasteiger partial charge in [-0.05, 0) is 36.6 Å². The van der Waals surface area contributed by atoms with Crippen molar-refractivity contribution < 1.29 is 9.53 Å². The van der Waals surface area contributed by atoms with E-state index >= 15 is 0 Å². The maximum absolute atomic E-state index is 13.1. The van der Waals surface area contributed by atoms with Crippen LogP contribution in [0.1, 0.15) is 28.5 Å². The van der Waals surface area contributed by atoms with E-state index in [1.807, 2.05) is 21.6 Å². The van der Waals surface area contributed by atoms with Crippen molar-refractivity contribution in [2.24, 2.45) is 5.92 Å². The molecule has 1 saturated heterocycles. The number of aromatic nitrogens is 4. The summed E-state index contributed by atoms with van der Waals surface area (Å²) in [6.07, 6.45) is 5.93. The second-order valence-electron chi connectivity index (χ2n) is 7.59. The van der Waals surface area contributed by atoms with Crippen LogP contribution >= 0.6 is 0 Å². The fourth-order valence-electron chi connectivity index (χ4n) is 4.57. The summed E-state index contributed by atoms with van der Waals surface area (Å²) in [7, 11) is 1.54. The third-order valence-electron chi connectivity index (χ3n) is 5.84. The quantitative estimate of drug-likeness (QED) is 0.736. The summed E-state index contributed by atoms with van der Waals surface area (Å²) in [6.45, 7) is 1.77. The van der Waals surface area contributed by atoms with Crippen LogP contribution in [0.3, 0.4) is 0 Å². The molecule has 1 fully saturated rings. The van der Waals surface area contributed by atoms with Crippen LogP contribution < -0.4 is 10.3 Å². The molecule has 2 atom stereocenters. The molecule has 5 rings (SSSR count). The Morgan fingerprint density at radius 1 is 1.17 bits per heavy atom. The van der Waals surface area contributed by atoms with E-state index < -0.39 is 0 Å². The topological polar surface area (TPSA) is 93.1 Å². The lowest BCUT2D eigenvalue weighted by atomic mass is 9.82. The number of pyridine rings is 2.